The summed E-state index contributed by atoms with van der Waals surface area (Å²) in [5.74, 6) is -0.671. The lowest BCUT2D eigenvalue weighted by atomic mass is 9.95. The number of hydrogen-bond acceptors (Lipinski definition) is 6. The number of aliphatic hydroxyl groups is 2. The Bertz CT molecular complexity index is 771. The Labute approximate surface area is 170 Å². The van der Waals surface area contributed by atoms with E-state index in [2.05, 4.69) is 21.2 Å². The van der Waals surface area contributed by atoms with Crippen molar-refractivity contribution in [1.82, 2.24) is 14.8 Å². The van der Waals surface area contributed by atoms with Gasteiger partial charge in [-0.1, -0.05) is 0 Å². The van der Waals surface area contributed by atoms with Gasteiger partial charge in [0.1, 0.15) is 11.4 Å². The molecule has 0 unspecified atom stereocenters. The molecule has 4 atom stereocenters. The molecule has 10 heteroatoms. The maximum absolute atomic E-state index is 12.5. The monoisotopic (exact) mass is 457 g/mol. The number of amides is 2. The summed E-state index contributed by atoms with van der Waals surface area (Å²) in [6, 6.07) is 3.17. The quantitative estimate of drug-likeness (QED) is 0.468. The molecule has 2 fully saturated rings. The van der Waals surface area contributed by atoms with Gasteiger partial charge in [-0.3, -0.25) is 9.59 Å². The molecule has 4 rings (SSSR count). The maximum atomic E-state index is 12.5. The zero-order valence-corrected chi connectivity index (χ0v) is 16.9. The molecule has 3 aliphatic rings. The van der Waals surface area contributed by atoms with Crippen molar-refractivity contribution in [2.45, 2.75) is 30.7 Å². The Morgan fingerprint density at radius 3 is 2.71 bits per heavy atom. The molecule has 28 heavy (non-hydrogen) atoms. The second kappa shape index (κ2) is 7.75. The molecule has 2 amide bonds. The van der Waals surface area contributed by atoms with Crippen LogP contribution in [0.4, 0.5) is 0 Å². The fourth-order valence-corrected chi connectivity index (χ4v) is 5.32. The molecule has 3 heterocycles. The number of aromatic nitrogens is 1. The highest BCUT2D eigenvalue weighted by atomic mass is 79.9. The van der Waals surface area contributed by atoms with Crippen LogP contribution in [0.1, 0.15) is 29.4 Å². The van der Waals surface area contributed by atoms with E-state index in [0.29, 0.717) is 25.3 Å². The second-order valence-corrected chi connectivity index (χ2v) is 8.18. The number of fused-ring (bicyclic) bond motifs is 5. The second-order valence-electron chi connectivity index (χ2n) is 7.36. The first-order chi connectivity index (χ1) is 13.5. The molecular formula is C18H24BrN3O6. The molecule has 1 aromatic rings. The number of aliphatic hydroxyl groups excluding tert-OH is 1. The molecule has 1 saturated heterocycles. The molecule has 1 saturated carbocycles. The Morgan fingerprint density at radius 2 is 1.96 bits per heavy atom. The minimum Gasteiger partial charge on any atom is -0.394 e. The van der Waals surface area contributed by atoms with Gasteiger partial charge in [0.15, 0.2) is 0 Å². The highest BCUT2D eigenvalue weighted by Gasteiger charge is 2.63. The number of rotatable bonds is 8. The molecule has 154 valence electrons. The van der Waals surface area contributed by atoms with Gasteiger partial charge in [0.05, 0.1) is 49.7 Å². The van der Waals surface area contributed by atoms with Gasteiger partial charge in [-0.05, 0) is 28.1 Å². The maximum Gasteiger partial charge on any atom is 0.268 e. The largest absolute Gasteiger partial charge is 0.394 e. The third-order valence-corrected chi connectivity index (χ3v) is 6.56. The van der Waals surface area contributed by atoms with Gasteiger partial charge in [-0.15, -0.1) is 0 Å². The summed E-state index contributed by atoms with van der Waals surface area (Å²) in [5.41, 5.74) is -0.748. The lowest BCUT2D eigenvalue weighted by molar-refractivity contribution is -0.150. The van der Waals surface area contributed by atoms with Crippen molar-refractivity contribution in [2.75, 3.05) is 39.6 Å². The van der Waals surface area contributed by atoms with Crippen LogP contribution in [0.3, 0.4) is 0 Å². The number of nitrogens with one attached hydrogen (secondary N) is 1. The third kappa shape index (κ3) is 3.17. The molecule has 2 aliphatic heterocycles. The van der Waals surface area contributed by atoms with E-state index in [9.17, 15) is 14.7 Å². The number of likely N-dealkylation sites (tertiary alicyclic amines) is 1. The zero-order chi connectivity index (χ0) is 19.9. The molecule has 0 aromatic carbocycles. The Morgan fingerprint density at radius 1 is 1.21 bits per heavy atom. The van der Waals surface area contributed by atoms with Crippen molar-refractivity contribution in [1.29, 1.82) is 0 Å². The van der Waals surface area contributed by atoms with Crippen LogP contribution in [-0.2, 0) is 14.3 Å². The van der Waals surface area contributed by atoms with E-state index in [4.69, 9.17) is 14.6 Å². The molecule has 0 bridgehead atoms. The topological polar surface area (TPSA) is 113 Å². The van der Waals surface area contributed by atoms with Crippen molar-refractivity contribution < 1.29 is 29.3 Å². The van der Waals surface area contributed by atoms with Gasteiger partial charge < -0.3 is 34.5 Å². The van der Waals surface area contributed by atoms with E-state index in [1.165, 1.54) is 4.90 Å². The number of hydrogen-bond donors (Lipinski definition) is 3. The summed E-state index contributed by atoms with van der Waals surface area (Å²) in [7, 11) is 0. The average Bonchev–Trinajstić information content (AvgIpc) is 3.25. The molecule has 1 aromatic heterocycles. The lowest BCUT2D eigenvalue weighted by Crippen LogP contribution is -2.51. The van der Waals surface area contributed by atoms with E-state index >= 15 is 0 Å². The van der Waals surface area contributed by atoms with Crippen LogP contribution in [-0.4, -0.2) is 82.8 Å². The first-order valence-corrected chi connectivity index (χ1v) is 10.2. The normalized spacial score (nSPS) is 31.0. The van der Waals surface area contributed by atoms with Crippen LogP contribution in [0.25, 0.3) is 0 Å². The number of nitrogens with zero attached hydrogens (tertiary/aromatic N) is 2. The highest BCUT2D eigenvalue weighted by molar-refractivity contribution is 9.10. The van der Waals surface area contributed by atoms with Gasteiger partial charge in [-0.25, -0.2) is 0 Å². The van der Waals surface area contributed by atoms with Crippen LogP contribution in [0.2, 0.25) is 0 Å². The average molecular weight is 458 g/mol. The fourth-order valence-electron chi connectivity index (χ4n) is 4.74. The smallest absolute Gasteiger partial charge is 0.268 e. The van der Waals surface area contributed by atoms with Gasteiger partial charge in [-0.2, -0.15) is 0 Å². The van der Waals surface area contributed by atoms with Crippen molar-refractivity contribution in [3.05, 3.63) is 22.4 Å². The van der Waals surface area contributed by atoms with Crippen molar-refractivity contribution >= 4 is 27.7 Å². The van der Waals surface area contributed by atoms with Crippen molar-refractivity contribution in [3.63, 3.8) is 0 Å². The first kappa shape index (κ1) is 19.8. The number of ether oxygens (including phenoxy) is 2. The Hall–Kier alpha value is -1.46. The first-order valence-electron chi connectivity index (χ1n) is 9.44. The number of halogens is 1. The van der Waals surface area contributed by atoms with Crippen LogP contribution in [0.5, 0.6) is 0 Å². The van der Waals surface area contributed by atoms with Crippen LogP contribution >= 0.6 is 15.9 Å². The molecule has 3 N–H and O–H groups in total. The Kier molecular flexibility index (Phi) is 5.49. The number of carbonyl (C=O) groups is 2. The van der Waals surface area contributed by atoms with Crippen LogP contribution < -0.4 is 5.32 Å². The standard InChI is InChI=1S/C18H24BrN3O6/c19-14-2-1-12-17(25)20-16-11-9-15(24)21(3-5-27-7-8-28-6-4-23)18(11,26)10-13(16)22(12)14/h1-2,11,13,16,23,26H,3-10H2,(H,20,25)/t11-,13+,16-,18-/m0/s1. The summed E-state index contributed by atoms with van der Waals surface area (Å²) < 4.78 is 13.3. The SMILES string of the molecule is O=C1N[C@@H]2[C@@H](C[C@]3(O)[C@H]2CC(=O)N3CCOCCOCCO)n2c(Br)ccc21. The van der Waals surface area contributed by atoms with E-state index in [1.807, 2.05) is 10.6 Å². The van der Waals surface area contributed by atoms with Gasteiger partial charge in [0.25, 0.3) is 5.91 Å². The molecule has 0 spiro atoms. The molecule has 1 aliphatic carbocycles. The minimum absolute atomic E-state index is 0.0329. The van der Waals surface area contributed by atoms with Gasteiger partial charge in [0.2, 0.25) is 5.91 Å². The summed E-state index contributed by atoms with van der Waals surface area (Å²) >= 11 is 3.49. The summed E-state index contributed by atoms with van der Waals surface area (Å²) in [4.78, 5) is 26.5. The molecule has 0 radical (unpaired) electrons. The van der Waals surface area contributed by atoms with E-state index < -0.39 is 5.72 Å². The third-order valence-electron chi connectivity index (χ3n) is 5.91. The fraction of sp³-hybridized carbons (Fsp3) is 0.667. The van der Waals surface area contributed by atoms with Crippen molar-refractivity contribution in [2.24, 2.45) is 5.92 Å². The van der Waals surface area contributed by atoms with Crippen LogP contribution in [0, 0.1) is 5.92 Å². The van der Waals surface area contributed by atoms with Crippen molar-refractivity contribution in [3.8, 4) is 0 Å². The predicted molar refractivity (Wildman–Crippen MR) is 101 cm³/mol. The van der Waals surface area contributed by atoms with E-state index in [0.717, 1.165) is 4.60 Å². The minimum atomic E-state index is -1.30. The summed E-state index contributed by atoms with van der Waals surface area (Å²) in [5, 5.41) is 23.1. The predicted octanol–water partition coefficient (Wildman–Crippen LogP) is -0.130. The lowest BCUT2D eigenvalue weighted by Gasteiger charge is -2.33. The summed E-state index contributed by atoms with van der Waals surface area (Å²) in [6.45, 7) is 1.50. The summed E-state index contributed by atoms with van der Waals surface area (Å²) in [6.07, 6.45) is 0.556. The molecular weight excluding hydrogens is 434 g/mol. The van der Waals surface area contributed by atoms with E-state index in [-0.39, 0.29) is 62.6 Å². The van der Waals surface area contributed by atoms with E-state index in [1.54, 1.807) is 6.07 Å². The zero-order valence-electron chi connectivity index (χ0n) is 15.3. The Balaban J connectivity index is 1.43. The molecule has 9 nitrogen and oxygen atoms in total. The highest BCUT2D eigenvalue weighted by Crippen LogP contribution is 2.52. The van der Waals surface area contributed by atoms with Gasteiger partial charge in [0, 0.05) is 25.3 Å². The number of carbonyl (C=O) groups excluding carboxylic acids is 2. The van der Waals surface area contributed by atoms with Gasteiger partial charge >= 0.3 is 0 Å². The van der Waals surface area contributed by atoms with Crippen LogP contribution in [0.15, 0.2) is 16.7 Å².